The molecule has 1 N–H and O–H groups in total. The summed E-state index contributed by atoms with van der Waals surface area (Å²) in [6.07, 6.45) is 2.07. The molecule has 1 heterocycles. The number of rotatable bonds is 6. The van der Waals surface area contributed by atoms with Crippen molar-refractivity contribution in [3.8, 4) is 5.75 Å². The molecule has 0 radical (unpaired) electrons. The van der Waals surface area contributed by atoms with Crippen molar-refractivity contribution in [2.45, 2.75) is 19.9 Å². The summed E-state index contributed by atoms with van der Waals surface area (Å²) in [7, 11) is 0. The molecule has 0 saturated carbocycles. The molecule has 1 aromatic heterocycles. The molecule has 2 aromatic rings. The van der Waals surface area contributed by atoms with Crippen molar-refractivity contribution in [2.75, 3.05) is 6.61 Å². The third kappa shape index (κ3) is 4.51. The molecule has 20 heavy (non-hydrogen) atoms. The highest BCUT2D eigenvalue weighted by Gasteiger charge is 2.05. The zero-order chi connectivity index (χ0) is 14.4. The summed E-state index contributed by atoms with van der Waals surface area (Å²) in [5.74, 6) is 0.545. The van der Waals surface area contributed by atoms with E-state index in [4.69, 9.17) is 16.3 Å². The molecule has 0 aliphatic carbocycles. The van der Waals surface area contributed by atoms with E-state index in [-0.39, 0.29) is 5.91 Å². The Balaban J connectivity index is 1.69. The monoisotopic (exact) mass is 310 g/mol. The van der Waals surface area contributed by atoms with Crippen LogP contribution in [0.4, 0.5) is 0 Å². The van der Waals surface area contributed by atoms with Gasteiger partial charge < -0.3 is 10.1 Å². The molecular weight excluding hydrogens is 296 g/mol. The fourth-order valence-corrected chi connectivity index (χ4v) is 2.50. The molecule has 106 valence electrons. The molecule has 2 rings (SSSR count). The van der Waals surface area contributed by atoms with Crippen molar-refractivity contribution < 1.29 is 9.53 Å². The third-order valence-corrected chi connectivity index (χ3v) is 3.78. The number of para-hydroxylation sites is 1. The highest BCUT2D eigenvalue weighted by molar-refractivity contribution is 7.11. The second-order valence-corrected chi connectivity index (χ2v) is 5.88. The van der Waals surface area contributed by atoms with Crippen LogP contribution in [0.5, 0.6) is 5.75 Å². The van der Waals surface area contributed by atoms with Crippen LogP contribution in [0.15, 0.2) is 30.5 Å². The highest BCUT2D eigenvalue weighted by Crippen LogP contribution is 2.23. The Morgan fingerprint density at radius 1 is 1.45 bits per heavy atom. The van der Waals surface area contributed by atoms with Crippen LogP contribution in [-0.2, 0) is 11.3 Å². The van der Waals surface area contributed by atoms with Crippen LogP contribution < -0.4 is 10.1 Å². The largest absolute Gasteiger partial charge is 0.491 e. The van der Waals surface area contributed by atoms with Gasteiger partial charge in [-0.05, 0) is 19.1 Å². The molecule has 0 aliphatic heterocycles. The first-order valence-electron chi connectivity index (χ1n) is 6.20. The van der Waals surface area contributed by atoms with Gasteiger partial charge in [0.2, 0.25) is 5.91 Å². The van der Waals surface area contributed by atoms with Crippen LogP contribution in [0, 0.1) is 6.92 Å². The SMILES string of the molecule is Cc1ncc(CNC(=O)CCOc2ccccc2Cl)s1. The van der Waals surface area contributed by atoms with Gasteiger partial charge in [0, 0.05) is 11.1 Å². The maximum atomic E-state index is 11.7. The van der Waals surface area contributed by atoms with E-state index in [1.165, 1.54) is 0 Å². The molecule has 0 fully saturated rings. The minimum atomic E-state index is -0.0527. The Hall–Kier alpha value is -1.59. The molecule has 0 spiro atoms. The number of hydrogen-bond acceptors (Lipinski definition) is 4. The van der Waals surface area contributed by atoms with E-state index in [0.29, 0.717) is 30.3 Å². The molecule has 1 amide bonds. The third-order valence-electron chi connectivity index (χ3n) is 2.55. The predicted molar refractivity (Wildman–Crippen MR) is 80.3 cm³/mol. The molecular formula is C14H15ClN2O2S. The number of ether oxygens (including phenoxy) is 1. The van der Waals surface area contributed by atoms with Crippen LogP contribution in [0.2, 0.25) is 5.02 Å². The smallest absolute Gasteiger partial charge is 0.223 e. The lowest BCUT2D eigenvalue weighted by atomic mass is 10.3. The van der Waals surface area contributed by atoms with Crippen molar-refractivity contribution >= 4 is 28.8 Å². The fourth-order valence-electron chi connectivity index (χ4n) is 1.58. The van der Waals surface area contributed by atoms with Gasteiger partial charge in [-0.2, -0.15) is 0 Å². The number of thiazole rings is 1. The van der Waals surface area contributed by atoms with Gasteiger partial charge >= 0.3 is 0 Å². The summed E-state index contributed by atoms with van der Waals surface area (Å²) in [6.45, 7) is 2.75. The second kappa shape index (κ2) is 7.26. The van der Waals surface area contributed by atoms with E-state index in [1.54, 1.807) is 29.7 Å². The Bertz CT molecular complexity index is 586. The first kappa shape index (κ1) is 14.8. The molecule has 1 aromatic carbocycles. The van der Waals surface area contributed by atoms with Crippen LogP contribution in [-0.4, -0.2) is 17.5 Å². The molecule has 0 bridgehead atoms. The molecule has 4 nitrogen and oxygen atoms in total. The summed E-state index contributed by atoms with van der Waals surface area (Å²) in [5.41, 5.74) is 0. The summed E-state index contributed by atoms with van der Waals surface area (Å²) < 4.78 is 5.46. The number of hydrogen-bond donors (Lipinski definition) is 1. The minimum Gasteiger partial charge on any atom is -0.491 e. The standard InChI is InChI=1S/C14H15ClN2O2S/c1-10-16-8-11(20-10)9-17-14(18)6-7-19-13-5-3-2-4-12(13)15/h2-5,8H,6-7,9H2,1H3,(H,17,18). The van der Waals surface area contributed by atoms with E-state index in [9.17, 15) is 4.79 Å². The lowest BCUT2D eigenvalue weighted by Crippen LogP contribution is -2.24. The lowest BCUT2D eigenvalue weighted by molar-refractivity contribution is -0.121. The van der Waals surface area contributed by atoms with Crippen molar-refractivity contribution in [1.82, 2.24) is 10.3 Å². The van der Waals surface area contributed by atoms with E-state index < -0.39 is 0 Å². The molecule has 0 saturated heterocycles. The van der Waals surface area contributed by atoms with Gasteiger partial charge in [0.1, 0.15) is 5.75 Å². The summed E-state index contributed by atoms with van der Waals surface area (Å²) in [4.78, 5) is 16.8. The molecule has 0 unspecified atom stereocenters. The number of aryl methyl sites for hydroxylation is 1. The van der Waals surface area contributed by atoms with Crippen LogP contribution in [0.1, 0.15) is 16.3 Å². The Morgan fingerprint density at radius 2 is 2.25 bits per heavy atom. The van der Waals surface area contributed by atoms with E-state index >= 15 is 0 Å². The Labute approximate surface area is 126 Å². The van der Waals surface area contributed by atoms with Crippen LogP contribution in [0.25, 0.3) is 0 Å². The normalized spacial score (nSPS) is 10.3. The van der Waals surface area contributed by atoms with Gasteiger partial charge in [0.15, 0.2) is 0 Å². The highest BCUT2D eigenvalue weighted by atomic mass is 35.5. The number of carbonyl (C=O) groups is 1. The quantitative estimate of drug-likeness (QED) is 0.891. The fraction of sp³-hybridized carbons (Fsp3) is 0.286. The Kier molecular flexibility index (Phi) is 5.38. The number of benzene rings is 1. The zero-order valence-corrected chi connectivity index (χ0v) is 12.6. The number of amides is 1. The van der Waals surface area contributed by atoms with E-state index in [0.717, 1.165) is 9.88 Å². The van der Waals surface area contributed by atoms with Gasteiger partial charge in [-0.25, -0.2) is 4.98 Å². The van der Waals surface area contributed by atoms with Gasteiger partial charge in [-0.15, -0.1) is 11.3 Å². The Morgan fingerprint density at radius 3 is 2.95 bits per heavy atom. The van der Waals surface area contributed by atoms with Gasteiger partial charge in [-0.3, -0.25) is 4.79 Å². The summed E-state index contributed by atoms with van der Waals surface area (Å²) in [5, 5.41) is 4.38. The second-order valence-electron chi connectivity index (χ2n) is 4.15. The maximum absolute atomic E-state index is 11.7. The summed E-state index contributed by atoms with van der Waals surface area (Å²) >= 11 is 7.53. The average Bonchev–Trinajstić information content (AvgIpc) is 2.84. The summed E-state index contributed by atoms with van der Waals surface area (Å²) in [6, 6.07) is 7.20. The van der Waals surface area contributed by atoms with E-state index in [1.807, 2.05) is 19.1 Å². The maximum Gasteiger partial charge on any atom is 0.223 e. The van der Waals surface area contributed by atoms with Crippen molar-refractivity contribution in [3.63, 3.8) is 0 Å². The minimum absolute atomic E-state index is 0.0527. The number of halogens is 1. The number of nitrogens with one attached hydrogen (secondary N) is 1. The number of carbonyl (C=O) groups excluding carboxylic acids is 1. The van der Waals surface area contributed by atoms with Gasteiger partial charge in [0.25, 0.3) is 0 Å². The van der Waals surface area contributed by atoms with Crippen LogP contribution >= 0.6 is 22.9 Å². The van der Waals surface area contributed by atoms with Crippen molar-refractivity contribution in [3.05, 3.63) is 45.4 Å². The average molecular weight is 311 g/mol. The van der Waals surface area contributed by atoms with Gasteiger partial charge in [0.05, 0.1) is 29.6 Å². The number of nitrogens with zero attached hydrogens (tertiary/aromatic N) is 1. The molecule has 0 atom stereocenters. The molecule has 6 heteroatoms. The topological polar surface area (TPSA) is 51.2 Å². The first-order chi connectivity index (χ1) is 9.65. The van der Waals surface area contributed by atoms with Crippen molar-refractivity contribution in [1.29, 1.82) is 0 Å². The lowest BCUT2D eigenvalue weighted by Gasteiger charge is -2.07. The van der Waals surface area contributed by atoms with Crippen molar-refractivity contribution in [2.24, 2.45) is 0 Å². The van der Waals surface area contributed by atoms with Gasteiger partial charge in [-0.1, -0.05) is 23.7 Å². The predicted octanol–water partition coefficient (Wildman–Crippen LogP) is 3.19. The number of aromatic nitrogens is 1. The first-order valence-corrected chi connectivity index (χ1v) is 7.40. The zero-order valence-electron chi connectivity index (χ0n) is 11.1. The molecule has 0 aliphatic rings. The van der Waals surface area contributed by atoms with E-state index in [2.05, 4.69) is 10.3 Å². The van der Waals surface area contributed by atoms with Crippen LogP contribution in [0.3, 0.4) is 0 Å².